The van der Waals surface area contributed by atoms with Crippen molar-refractivity contribution in [3.05, 3.63) is 59.7 Å². The molecule has 1 aliphatic rings. The van der Waals surface area contributed by atoms with Gasteiger partial charge in [0, 0.05) is 44.8 Å². The summed E-state index contributed by atoms with van der Waals surface area (Å²) in [6, 6.07) is 15.4. The first kappa shape index (κ1) is 23.3. The fraction of sp³-hybridized carbons (Fsp3) is 0.458. The van der Waals surface area contributed by atoms with Gasteiger partial charge in [0.25, 0.3) is 0 Å². The molecule has 7 heteroatoms. The van der Waals surface area contributed by atoms with E-state index in [4.69, 9.17) is 0 Å². The van der Waals surface area contributed by atoms with Crippen LogP contribution in [0.2, 0.25) is 0 Å². The highest BCUT2D eigenvalue weighted by Crippen LogP contribution is 2.25. The van der Waals surface area contributed by atoms with E-state index in [1.54, 1.807) is 12.1 Å². The number of hydrogen-bond donors (Lipinski definition) is 1. The summed E-state index contributed by atoms with van der Waals surface area (Å²) in [5.41, 5.74) is 3.20. The van der Waals surface area contributed by atoms with Crippen LogP contribution in [0, 0.1) is 19.8 Å². The van der Waals surface area contributed by atoms with Crippen molar-refractivity contribution in [2.75, 3.05) is 38.1 Å². The fourth-order valence-corrected chi connectivity index (χ4v) is 5.42. The third kappa shape index (κ3) is 5.86. The second kappa shape index (κ2) is 10.3. The number of carbonyl (C=O) groups excluding carboxylic acids is 1. The topological polar surface area (TPSA) is 69.7 Å². The van der Waals surface area contributed by atoms with Gasteiger partial charge in [-0.2, -0.15) is 4.31 Å². The average Bonchev–Trinajstić information content (AvgIpc) is 2.78. The molecule has 1 fully saturated rings. The number of hydrogen-bond acceptors (Lipinski definition) is 4. The van der Waals surface area contributed by atoms with Gasteiger partial charge in [0.15, 0.2) is 0 Å². The van der Waals surface area contributed by atoms with Crippen LogP contribution < -0.4 is 10.2 Å². The molecule has 1 N–H and O–H groups in total. The van der Waals surface area contributed by atoms with Crippen molar-refractivity contribution in [1.82, 2.24) is 9.62 Å². The first-order valence-electron chi connectivity index (χ1n) is 10.9. The number of carbonyl (C=O) groups is 1. The molecule has 0 spiro atoms. The summed E-state index contributed by atoms with van der Waals surface area (Å²) in [5, 5.41) is 3.02. The van der Waals surface area contributed by atoms with Crippen LogP contribution in [0.15, 0.2) is 53.4 Å². The summed E-state index contributed by atoms with van der Waals surface area (Å²) in [6.45, 7) is 6.13. The minimum absolute atomic E-state index is 0.0330. The largest absolute Gasteiger partial charge is 0.375 e. The molecule has 0 aliphatic carbocycles. The molecule has 0 bridgehead atoms. The van der Waals surface area contributed by atoms with E-state index in [0.717, 1.165) is 29.8 Å². The van der Waals surface area contributed by atoms with Crippen LogP contribution in [0.25, 0.3) is 0 Å². The van der Waals surface area contributed by atoms with Crippen molar-refractivity contribution >= 4 is 21.6 Å². The lowest BCUT2D eigenvalue weighted by Crippen LogP contribution is -2.43. The van der Waals surface area contributed by atoms with E-state index in [0.29, 0.717) is 37.4 Å². The van der Waals surface area contributed by atoms with Crippen LogP contribution in [-0.2, 0) is 14.8 Å². The number of nitrogens with one attached hydrogen (secondary N) is 1. The Balaban J connectivity index is 1.43. The number of para-hydroxylation sites is 1. The Labute approximate surface area is 186 Å². The van der Waals surface area contributed by atoms with Crippen molar-refractivity contribution in [2.24, 2.45) is 5.92 Å². The number of anilines is 1. The number of amides is 1. The number of piperidine rings is 1. The van der Waals surface area contributed by atoms with Crippen molar-refractivity contribution < 1.29 is 13.2 Å². The molecule has 0 radical (unpaired) electrons. The van der Waals surface area contributed by atoms with Crippen LogP contribution in [0.5, 0.6) is 0 Å². The second-order valence-corrected chi connectivity index (χ2v) is 10.3. The lowest BCUT2D eigenvalue weighted by molar-refractivity contribution is -0.126. The normalized spacial score (nSPS) is 15.6. The standard InChI is InChI=1S/C24H33N3O3S/c1-19-10-11-23(18-20(19)2)31(29,30)27-16-12-21(13-17-27)24(28)25-14-7-15-26(3)22-8-5-4-6-9-22/h4-6,8-11,18,21H,7,12-17H2,1-3H3,(H,25,28). The summed E-state index contributed by atoms with van der Waals surface area (Å²) < 4.78 is 27.4. The number of sulfonamides is 1. The van der Waals surface area contributed by atoms with Crippen molar-refractivity contribution in [1.29, 1.82) is 0 Å². The number of aryl methyl sites for hydroxylation is 2. The van der Waals surface area contributed by atoms with Crippen molar-refractivity contribution in [3.63, 3.8) is 0 Å². The third-order valence-electron chi connectivity index (χ3n) is 6.11. The van der Waals surface area contributed by atoms with Gasteiger partial charge < -0.3 is 10.2 Å². The molecule has 3 rings (SSSR count). The summed E-state index contributed by atoms with van der Waals surface area (Å²) in [6.07, 6.45) is 1.97. The zero-order valence-corrected chi connectivity index (χ0v) is 19.5. The van der Waals surface area contributed by atoms with Crippen molar-refractivity contribution in [2.45, 2.75) is 38.0 Å². The quantitative estimate of drug-likeness (QED) is 0.636. The molecule has 2 aromatic rings. The van der Waals surface area contributed by atoms with Gasteiger partial charge in [-0.05, 0) is 68.5 Å². The van der Waals surface area contributed by atoms with E-state index < -0.39 is 10.0 Å². The molecular formula is C24H33N3O3S. The van der Waals surface area contributed by atoms with E-state index in [1.807, 2.05) is 45.2 Å². The molecule has 6 nitrogen and oxygen atoms in total. The fourth-order valence-electron chi connectivity index (χ4n) is 3.87. The summed E-state index contributed by atoms with van der Waals surface area (Å²) in [4.78, 5) is 15.0. The zero-order valence-electron chi connectivity index (χ0n) is 18.7. The maximum atomic E-state index is 12.9. The smallest absolute Gasteiger partial charge is 0.243 e. The SMILES string of the molecule is Cc1ccc(S(=O)(=O)N2CCC(C(=O)NCCCN(C)c3ccccc3)CC2)cc1C. The highest BCUT2D eigenvalue weighted by Gasteiger charge is 2.32. The Morgan fingerprint density at radius 3 is 2.39 bits per heavy atom. The molecular weight excluding hydrogens is 410 g/mol. The minimum Gasteiger partial charge on any atom is -0.375 e. The Hall–Kier alpha value is -2.38. The lowest BCUT2D eigenvalue weighted by atomic mass is 9.97. The van der Waals surface area contributed by atoms with E-state index >= 15 is 0 Å². The average molecular weight is 444 g/mol. The van der Waals surface area contributed by atoms with Crippen LogP contribution in [0.1, 0.15) is 30.4 Å². The molecule has 1 amide bonds. The second-order valence-electron chi connectivity index (χ2n) is 8.33. The van der Waals surface area contributed by atoms with Gasteiger partial charge in [0.05, 0.1) is 4.90 Å². The number of benzene rings is 2. The summed E-state index contributed by atoms with van der Waals surface area (Å²) >= 11 is 0. The van der Waals surface area contributed by atoms with E-state index in [2.05, 4.69) is 22.3 Å². The zero-order chi connectivity index (χ0) is 22.4. The van der Waals surface area contributed by atoms with E-state index in [9.17, 15) is 13.2 Å². The molecule has 0 atom stereocenters. The monoisotopic (exact) mass is 443 g/mol. The maximum absolute atomic E-state index is 12.9. The van der Waals surface area contributed by atoms with Crippen molar-refractivity contribution in [3.8, 4) is 0 Å². The molecule has 0 unspecified atom stereocenters. The Bertz CT molecular complexity index is 984. The summed E-state index contributed by atoms with van der Waals surface area (Å²) in [7, 11) is -1.47. The van der Waals surface area contributed by atoms with Gasteiger partial charge in [-0.1, -0.05) is 24.3 Å². The Kier molecular flexibility index (Phi) is 7.73. The highest BCUT2D eigenvalue weighted by atomic mass is 32.2. The van der Waals surface area contributed by atoms with Crippen LogP contribution in [-0.4, -0.2) is 51.9 Å². The van der Waals surface area contributed by atoms with Gasteiger partial charge in [-0.25, -0.2) is 8.42 Å². The Morgan fingerprint density at radius 1 is 1.06 bits per heavy atom. The predicted molar refractivity (Wildman–Crippen MR) is 125 cm³/mol. The van der Waals surface area contributed by atoms with E-state index in [1.165, 1.54) is 4.31 Å². The highest BCUT2D eigenvalue weighted by molar-refractivity contribution is 7.89. The maximum Gasteiger partial charge on any atom is 0.243 e. The van der Waals surface area contributed by atoms with Gasteiger partial charge in [0.1, 0.15) is 0 Å². The third-order valence-corrected chi connectivity index (χ3v) is 8.00. The van der Waals surface area contributed by atoms with Crippen LogP contribution >= 0.6 is 0 Å². The molecule has 0 aromatic heterocycles. The van der Waals surface area contributed by atoms with Gasteiger partial charge >= 0.3 is 0 Å². The molecule has 168 valence electrons. The Morgan fingerprint density at radius 2 is 1.74 bits per heavy atom. The van der Waals surface area contributed by atoms with Gasteiger partial charge in [-0.3, -0.25) is 4.79 Å². The minimum atomic E-state index is -3.51. The van der Waals surface area contributed by atoms with Crippen LogP contribution in [0.3, 0.4) is 0 Å². The predicted octanol–water partition coefficient (Wildman–Crippen LogP) is 3.35. The number of nitrogens with zero attached hydrogens (tertiary/aromatic N) is 2. The summed E-state index contributed by atoms with van der Waals surface area (Å²) in [5.74, 6) is -0.0938. The molecule has 0 saturated carbocycles. The van der Waals surface area contributed by atoms with E-state index in [-0.39, 0.29) is 11.8 Å². The first-order valence-corrected chi connectivity index (χ1v) is 12.3. The first-order chi connectivity index (χ1) is 14.8. The number of rotatable bonds is 8. The molecule has 31 heavy (non-hydrogen) atoms. The van der Waals surface area contributed by atoms with Crippen LogP contribution in [0.4, 0.5) is 5.69 Å². The van der Waals surface area contributed by atoms with Gasteiger partial charge in [-0.15, -0.1) is 0 Å². The molecule has 1 heterocycles. The lowest BCUT2D eigenvalue weighted by Gasteiger charge is -2.30. The molecule has 1 saturated heterocycles. The van der Waals surface area contributed by atoms with Gasteiger partial charge in [0.2, 0.25) is 15.9 Å². The molecule has 2 aromatic carbocycles. The molecule has 1 aliphatic heterocycles.